The van der Waals surface area contributed by atoms with Gasteiger partial charge in [0.15, 0.2) is 0 Å². The van der Waals surface area contributed by atoms with Gasteiger partial charge in [-0.25, -0.2) is 12.8 Å². The zero-order chi connectivity index (χ0) is 13.3. The van der Waals surface area contributed by atoms with E-state index >= 15 is 0 Å². The van der Waals surface area contributed by atoms with Crippen molar-refractivity contribution in [3.05, 3.63) is 28.5 Å². The predicted molar refractivity (Wildman–Crippen MR) is 70.3 cm³/mol. The van der Waals surface area contributed by atoms with Gasteiger partial charge in [0.25, 0.3) is 0 Å². The number of hydrogen-bond acceptors (Lipinski definition) is 3. The molecule has 1 aromatic carbocycles. The normalized spacial score (nSPS) is 22.1. The summed E-state index contributed by atoms with van der Waals surface area (Å²) in [6.45, 7) is 3.54. The van der Waals surface area contributed by atoms with Crippen LogP contribution in [0.15, 0.2) is 27.6 Å². The van der Waals surface area contributed by atoms with E-state index in [9.17, 15) is 12.8 Å². The van der Waals surface area contributed by atoms with Crippen LogP contribution in [0.1, 0.15) is 6.92 Å². The Hall–Kier alpha value is -0.500. The van der Waals surface area contributed by atoms with Gasteiger partial charge in [0.2, 0.25) is 10.0 Å². The fourth-order valence-corrected chi connectivity index (χ4v) is 4.14. The summed E-state index contributed by atoms with van der Waals surface area (Å²) in [4.78, 5) is 0.115. The van der Waals surface area contributed by atoms with Crippen LogP contribution in [0, 0.1) is 5.82 Å². The molecule has 0 aliphatic carbocycles. The van der Waals surface area contributed by atoms with Gasteiger partial charge in [-0.1, -0.05) is 0 Å². The Morgan fingerprint density at radius 3 is 2.83 bits per heavy atom. The van der Waals surface area contributed by atoms with Crippen LogP contribution in [0.5, 0.6) is 0 Å². The Kier molecular flexibility index (Phi) is 4.05. The lowest BCUT2D eigenvalue weighted by Crippen LogP contribution is -2.52. The average molecular weight is 337 g/mol. The van der Waals surface area contributed by atoms with Crippen molar-refractivity contribution >= 4 is 26.0 Å². The lowest BCUT2D eigenvalue weighted by atomic mass is 10.3. The van der Waals surface area contributed by atoms with Gasteiger partial charge in [0.05, 0.1) is 9.37 Å². The van der Waals surface area contributed by atoms with Gasteiger partial charge in [-0.3, -0.25) is 0 Å². The third-order valence-corrected chi connectivity index (χ3v) is 5.56. The first-order chi connectivity index (χ1) is 8.43. The van der Waals surface area contributed by atoms with E-state index in [-0.39, 0.29) is 15.4 Å². The van der Waals surface area contributed by atoms with E-state index in [1.165, 1.54) is 16.4 Å². The summed E-state index contributed by atoms with van der Waals surface area (Å²) in [5, 5.41) is 3.13. The highest BCUT2D eigenvalue weighted by atomic mass is 79.9. The maximum atomic E-state index is 13.1. The van der Waals surface area contributed by atoms with Crippen LogP contribution in [0.2, 0.25) is 0 Å². The lowest BCUT2D eigenvalue weighted by molar-refractivity contribution is 0.284. The molecule has 1 aromatic rings. The maximum absolute atomic E-state index is 13.1. The molecule has 1 aliphatic rings. The first-order valence-corrected chi connectivity index (χ1v) is 7.84. The Morgan fingerprint density at radius 2 is 2.22 bits per heavy atom. The Balaban J connectivity index is 2.37. The summed E-state index contributed by atoms with van der Waals surface area (Å²) < 4.78 is 39.6. The lowest BCUT2D eigenvalue weighted by Gasteiger charge is -2.32. The largest absolute Gasteiger partial charge is 0.314 e. The monoisotopic (exact) mass is 336 g/mol. The molecule has 0 amide bonds. The van der Waals surface area contributed by atoms with Gasteiger partial charge < -0.3 is 5.32 Å². The van der Waals surface area contributed by atoms with Crippen molar-refractivity contribution in [3.63, 3.8) is 0 Å². The highest BCUT2D eigenvalue weighted by Gasteiger charge is 2.31. The molecule has 0 unspecified atom stereocenters. The predicted octanol–water partition coefficient (Wildman–Crippen LogP) is 1.57. The van der Waals surface area contributed by atoms with Crippen molar-refractivity contribution in [2.45, 2.75) is 17.9 Å². The van der Waals surface area contributed by atoms with E-state index in [0.717, 1.165) is 6.07 Å². The number of nitrogens with one attached hydrogen (secondary N) is 1. The molecule has 0 bridgehead atoms. The number of rotatable bonds is 2. The van der Waals surface area contributed by atoms with Crippen LogP contribution in [0.25, 0.3) is 0 Å². The molecule has 1 saturated heterocycles. The number of sulfonamides is 1. The quantitative estimate of drug-likeness (QED) is 0.891. The topological polar surface area (TPSA) is 49.4 Å². The molecule has 18 heavy (non-hydrogen) atoms. The maximum Gasteiger partial charge on any atom is 0.243 e. The molecule has 1 fully saturated rings. The highest BCUT2D eigenvalue weighted by molar-refractivity contribution is 9.10. The minimum absolute atomic E-state index is 0.104. The smallest absolute Gasteiger partial charge is 0.243 e. The van der Waals surface area contributed by atoms with Crippen LogP contribution in [-0.2, 0) is 10.0 Å². The molecule has 0 aromatic heterocycles. The minimum Gasteiger partial charge on any atom is -0.314 e. The standard InChI is InChI=1S/C11H14BrFN2O2S/c1-8-7-14-4-5-15(8)18(16,17)9-2-3-11(13)10(12)6-9/h2-3,6,8,14H,4-5,7H2,1H3/t8-/m1/s1. The first kappa shape index (κ1) is 13.9. The van der Waals surface area contributed by atoms with Gasteiger partial charge in [-0.05, 0) is 41.1 Å². The summed E-state index contributed by atoms with van der Waals surface area (Å²) in [5.74, 6) is -0.470. The van der Waals surface area contributed by atoms with E-state index in [1.54, 1.807) is 0 Å². The van der Waals surface area contributed by atoms with Gasteiger partial charge in [-0.15, -0.1) is 0 Å². The first-order valence-electron chi connectivity index (χ1n) is 5.60. The number of piperazine rings is 1. The molecule has 1 atom stereocenters. The highest BCUT2D eigenvalue weighted by Crippen LogP contribution is 2.24. The van der Waals surface area contributed by atoms with Crippen molar-refractivity contribution in [1.82, 2.24) is 9.62 Å². The van der Waals surface area contributed by atoms with E-state index in [1.807, 2.05) is 6.92 Å². The molecular weight excluding hydrogens is 323 g/mol. The number of nitrogens with zero attached hydrogens (tertiary/aromatic N) is 1. The second-order valence-corrected chi connectivity index (χ2v) is 6.99. The molecule has 100 valence electrons. The Bertz CT molecular complexity index is 550. The summed E-state index contributed by atoms with van der Waals surface area (Å²) in [7, 11) is -3.55. The third-order valence-electron chi connectivity index (χ3n) is 2.94. The minimum atomic E-state index is -3.55. The summed E-state index contributed by atoms with van der Waals surface area (Å²) in [5.41, 5.74) is 0. The summed E-state index contributed by atoms with van der Waals surface area (Å²) >= 11 is 3.01. The van der Waals surface area contributed by atoms with Crippen molar-refractivity contribution < 1.29 is 12.8 Å². The molecule has 1 heterocycles. The summed E-state index contributed by atoms with van der Waals surface area (Å²) in [6.07, 6.45) is 0. The van der Waals surface area contributed by atoms with Crippen molar-refractivity contribution in [2.24, 2.45) is 0 Å². The zero-order valence-electron chi connectivity index (χ0n) is 9.86. The van der Waals surface area contributed by atoms with Crippen LogP contribution < -0.4 is 5.32 Å². The molecule has 0 radical (unpaired) electrons. The molecule has 4 nitrogen and oxygen atoms in total. The number of hydrogen-bond donors (Lipinski definition) is 1. The number of benzene rings is 1. The Morgan fingerprint density at radius 1 is 1.50 bits per heavy atom. The van der Waals surface area contributed by atoms with E-state index in [0.29, 0.717) is 19.6 Å². The van der Waals surface area contributed by atoms with E-state index in [4.69, 9.17) is 0 Å². The summed E-state index contributed by atoms with van der Waals surface area (Å²) in [6, 6.07) is 3.65. The zero-order valence-corrected chi connectivity index (χ0v) is 12.3. The van der Waals surface area contributed by atoms with Crippen molar-refractivity contribution in [1.29, 1.82) is 0 Å². The molecule has 2 rings (SSSR count). The molecule has 0 saturated carbocycles. The molecular formula is C11H14BrFN2O2S. The van der Waals surface area contributed by atoms with Crippen LogP contribution in [0.4, 0.5) is 4.39 Å². The van der Waals surface area contributed by atoms with Crippen LogP contribution >= 0.6 is 15.9 Å². The van der Waals surface area contributed by atoms with E-state index < -0.39 is 15.8 Å². The molecule has 1 aliphatic heterocycles. The second-order valence-electron chi connectivity index (χ2n) is 4.24. The molecule has 0 spiro atoms. The fraction of sp³-hybridized carbons (Fsp3) is 0.455. The second kappa shape index (κ2) is 5.24. The SMILES string of the molecule is C[C@@H]1CNCCN1S(=O)(=O)c1ccc(F)c(Br)c1. The van der Waals surface area contributed by atoms with Crippen molar-refractivity contribution in [3.8, 4) is 0 Å². The van der Waals surface area contributed by atoms with Crippen LogP contribution in [-0.4, -0.2) is 38.4 Å². The van der Waals surface area contributed by atoms with Crippen molar-refractivity contribution in [2.75, 3.05) is 19.6 Å². The van der Waals surface area contributed by atoms with Gasteiger partial charge >= 0.3 is 0 Å². The van der Waals surface area contributed by atoms with E-state index in [2.05, 4.69) is 21.2 Å². The molecule has 1 N–H and O–H groups in total. The van der Waals surface area contributed by atoms with Gasteiger partial charge in [-0.2, -0.15) is 4.31 Å². The molecule has 7 heteroatoms. The van der Waals surface area contributed by atoms with Crippen LogP contribution in [0.3, 0.4) is 0 Å². The third kappa shape index (κ3) is 2.59. The number of halogens is 2. The fourth-order valence-electron chi connectivity index (χ4n) is 1.95. The van der Waals surface area contributed by atoms with Gasteiger partial charge in [0.1, 0.15) is 5.82 Å². The average Bonchev–Trinajstić information content (AvgIpc) is 2.33. The van der Waals surface area contributed by atoms with Gasteiger partial charge in [0, 0.05) is 25.7 Å². The Labute approximate surface area is 114 Å².